The topological polar surface area (TPSA) is 107 Å². The van der Waals surface area contributed by atoms with Gasteiger partial charge in [-0.2, -0.15) is 5.10 Å². The molecule has 0 bridgehead atoms. The molecule has 0 aliphatic heterocycles. The SMILES string of the molecule is COc1ccc(-c2cc(CO)nn2-c2ccccc2S(N)(=O)=O)cc1Cl. The van der Waals surface area contributed by atoms with Crippen LogP contribution >= 0.6 is 11.6 Å². The Morgan fingerprint density at radius 2 is 1.96 bits per heavy atom. The van der Waals surface area contributed by atoms with Crippen molar-refractivity contribution in [2.45, 2.75) is 11.5 Å². The van der Waals surface area contributed by atoms with E-state index in [4.69, 9.17) is 21.5 Å². The molecule has 26 heavy (non-hydrogen) atoms. The molecule has 1 heterocycles. The van der Waals surface area contributed by atoms with Crippen molar-refractivity contribution in [2.75, 3.05) is 7.11 Å². The number of primary sulfonamides is 1. The van der Waals surface area contributed by atoms with Gasteiger partial charge < -0.3 is 9.84 Å². The maximum absolute atomic E-state index is 11.9. The zero-order valence-corrected chi connectivity index (χ0v) is 15.3. The van der Waals surface area contributed by atoms with E-state index < -0.39 is 10.0 Å². The number of halogens is 1. The van der Waals surface area contributed by atoms with E-state index in [1.165, 1.54) is 17.9 Å². The minimum absolute atomic E-state index is 0.0755. The summed E-state index contributed by atoms with van der Waals surface area (Å²) in [5, 5.41) is 19.5. The fourth-order valence-electron chi connectivity index (χ4n) is 2.60. The van der Waals surface area contributed by atoms with Crippen LogP contribution < -0.4 is 9.88 Å². The highest BCUT2D eigenvalue weighted by molar-refractivity contribution is 7.89. The number of ether oxygens (including phenoxy) is 1. The van der Waals surface area contributed by atoms with E-state index in [0.717, 1.165) is 0 Å². The standard InChI is InChI=1S/C17H16ClN3O4S/c1-25-16-7-6-11(8-13(16)18)15-9-12(10-22)20-21(15)14-4-2-3-5-17(14)26(19,23)24/h2-9,22H,10H2,1H3,(H2,19,23,24). The van der Waals surface area contributed by atoms with Gasteiger partial charge in [0, 0.05) is 5.56 Å². The number of methoxy groups -OCH3 is 1. The van der Waals surface area contributed by atoms with Gasteiger partial charge in [0.25, 0.3) is 0 Å². The number of aliphatic hydroxyl groups is 1. The van der Waals surface area contributed by atoms with Crippen molar-refractivity contribution in [3.05, 3.63) is 59.2 Å². The van der Waals surface area contributed by atoms with Gasteiger partial charge in [-0.15, -0.1) is 0 Å². The Balaban J connectivity index is 2.26. The lowest BCUT2D eigenvalue weighted by atomic mass is 10.1. The molecule has 0 fully saturated rings. The first-order valence-electron chi connectivity index (χ1n) is 7.51. The average molecular weight is 394 g/mol. The summed E-state index contributed by atoms with van der Waals surface area (Å²) in [4.78, 5) is -0.0755. The summed E-state index contributed by atoms with van der Waals surface area (Å²) in [5.41, 5.74) is 1.87. The highest BCUT2D eigenvalue weighted by Crippen LogP contribution is 2.32. The van der Waals surface area contributed by atoms with Gasteiger partial charge in [-0.25, -0.2) is 18.2 Å². The van der Waals surface area contributed by atoms with E-state index in [-0.39, 0.29) is 17.2 Å². The zero-order valence-electron chi connectivity index (χ0n) is 13.8. The summed E-state index contributed by atoms with van der Waals surface area (Å²) in [6.07, 6.45) is 0. The van der Waals surface area contributed by atoms with Gasteiger partial charge in [0.05, 0.1) is 35.8 Å². The van der Waals surface area contributed by atoms with Gasteiger partial charge in [0.2, 0.25) is 10.0 Å². The van der Waals surface area contributed by atoms with Crippen LogP contribution in [0.4, 0.5) is 0 Å². The lowest BCUT2D eigenvalue weighted by Crippen LogP contribution is -2.16. The quantitative estimate of drug-likeness (QED) is 0.691. The fraction of sp³-hybridized carbons (Fsp3) is 0.118. The van der Waals surface area contributed by atoms with Crippen LogP contribution in [0.1, 0.15) is 5.69 Å². The first kappa shape index (κ1) is 18.4. The number of rotatable bonds is 5. The Morgan fingerprint density at radius 3 is 2.58 bits per heavy atom. The van der Waals surface area contributed by atoms with Crippen LogP contribution in [0.25, 0.3) is 16.9 Å². The van der Waals surface area contributed by atoms with Crippen molar-refractivity contribution in [1.82, 2.24) is 9.78 Å². The lowest BCUT2D eigenvalue weighted by molar-refractivity contribution is 0.276. The molecule has 0 unspecified atom stereocenters. The normalized spacial score (nSPS) is 11.5. The minimum Gasteiger partial charge on any atom is -0.495 e. The summed E-state index contributed by atoms with van der Waals surface area (Å²) in [6.45, 7) is -0.304. The van der Waals surface area contributed by atoms with E-state index >= 15 is 0 Å². The molecule has 0 saturated carbocycles. The first-order valence-corrected chi connectivity index (χ1v) is 9.43. The van der Waals surface area contributed by atoms with Crippen LogP contribution in [0, 0.1) is 0 Å². The van der Waals surface area contributed by atoms with E-state index in [1.54, 1.807) is 42.5 Å². The Hall–Kier alpha value is -2.39. The van der Waals surface area contributed by atoms with E-state index in [9.17, 15) is 13.5 Å². The van der Waals surface area contributed by atoms with Crippen molar-refractivity contribution in [1.29, 1.82) is 0 Å². The second-order valence-corrected chi connectivity index (χ2v) is 7.39. The molecule has 0 atom stereocenters. The highest BCUT2D eigenvalue weighted by atomic mass is 35.5. The zero-order chi connectivity index (χ0) is 18.9. The molecule has 136 valence electrons. The van der Waals surface area contributed by atoms with Crippen LogP contribution in [0.2, 0.25) is 5.02 Å². The van der Waals surface area contributed by atoms with E-state index in [2.05, 4.69) is 5.10 Å². The van der Waals surface area contributed by atoms with Crippen molar-refractivity contribution < 1.29 is 18.3 Å². The number of sulfonamides is 1. The summed E-state index contributed by atoms with van der Waals surface area (Å²) >= 11 is 6.20. The maximum atomic E-state index is 11.9. The molecular weight excluding hydrogens is 378 g/mol. The summed E-state index contributed by atoms with van der Waals surface area (Å²) in [6, 6.07) is 13.0. The number of benzene rings is 2. The molecule has 0 aliphatic carbocycles. The number of aromatic nitrogens is 2. The summed E-state index contributed by atoms with van der Waals surface area (Å²) in [7, 11) is -2.45. The van der Waals surface area contributed by atoms with Crippen LogP contribution in [0.5, 0.6) is 5.75 Å². The average Bonchev–Trinajstić information content (AvgIpc) is 3.05. The van der Waals surface area contributed by atoms with Crippen LogP contribution in [-0.4, -0.2) is 30.4 Å². The van der Waals surface area contributed by atoms with Crippen LogP contribution in [0.15, 0.2) is 53.4 Å². The van der Waals surface area contributed by atoms with Crippen molar-refractivity contribution in [3.8, 4) is 22.7 Å². The monoisotopic (exact) mass is 393 g/mol. The third kappa shape index (κ3) is 3.45. The molecule has 3 N–H and O–H groups in total. The number of nitrogens with zero attached hydrogens (tertiary/aromatic N) is 2. The molecule has 2 aromatic carbocycles. The molecule has 1 aromatic heterocycles. The second-order valence-electron chi connectivity index (χ2n) is 5.45. The molecule has 0 amide bonds. The van der Waals surface area contributed by atoms with Crippen molar-refractivity contribution in [3.63, 3.8) is 0 Å². The van der Waals surface area contributed by atoms with Gasteiger partial charge in [0.1, 0.15) is 10.6 Å². The minimum atomic E-state index is -3.97. The summed E-state index contributed by atoms with van der Waals surface area (Å²) < 4.78 is 30.4. The van der Waals surface area contributed by atoms with Gasteiger partial charge in [-0.05, 0) is 36.4 Å². The molecule has 0 spiro atoms. The predicted molar refractivity (Wildman–Crippen MR) is 97.9 cm³/mol. The number of hydrogen-bond acceptors (Lipinski definition) is 5. The van der Waals surface area contributed by atoms with Gasteiger partial charge in [-0.1, -0.05) is 23.7 Å². The number of hydrogen-bond donors (Lipinski definition) is 2. The molecular formula is C17H16ClN3O4S. The molecule has 7 nitrogen and oxygen atoms in total. The maximum Gasteiger partial charge on any atom is 0.240 e. The largest absolute Gasteiger partial charge is 0.495 e. The third-order valence-electron chi connectivity index (χ3n) is 3.77. The third-order valence-corrected chi connectivity index (χ3v) is 5.02. The van der Waals surface area contributed by atoms with Gasteiger partial charge in [-0.3, -0.25) is 0 Å². The number of nitrogens with two attached hydrogens (primary N) is 1. The summed E-state index contributed by atoms with van der Waals surface area (Å²) in [5.74, 6) is 0.508. The van der Waals surface area contributed by atoms with Crippen molar-refractivity contribution >= 4 is 21.6 Å². The molecule has 3 rings (SSSR count). The van der Waals surface area contributed by atoms with Crippen molar-refractivity contribution in [2.24, 2.45) is 5.14 Å². The molecule has 3 aromatic rings. The molecule has 0 saturated heterocycles. The number of aliphatic hydroxyl groups excluding tert-OH is 1. The lowest BCUT2D eigenvalue weighted by Gasteiger charge is -2.12. The van der Waals surface area contributed by atoms with Crippen LogP contribution in [0.3, 0.4) is 0 Å². The van der Waals surface area contributed by atoms with E-state index in [0.29, 0.717) is 27.7 Å². The Kier molecular flexibility index (Phi) is 5.01. The highest BCUT2D eigenvalue weighted by Gasteiger charge is 2.19. The Labute approximate surface area is 155 Å². The second kappa shape index (κ2) is 7.08. The number of para-hydroxylation sites is 1. The molecule has 9 heteroatoms. The molecule has 0 radical (unpaired) electrons. The van der Waals surface area contributed by atoms with E-state index in [1.807, 2.05) is 0 Å². The Bertz CT molecular complexity index is 1060. The van der Waals surface area contributed by atoms with Gasteiger partial charge >= 0.3 is 0 Å². The predicted octanol–water partition coefficient (Wildman–Crippen LogP) is 2.34. The fourth-order valence-corrected chi connectivity index (χ4v) is 3.57. The smallest absolute Gasteiger partial charge is 0.240 e. The first-order chi connectivity index (χ1) is 12.3. The van der Waals surface area contributed by atoms with Gasteiger partial charge in [0.15, 0.2) is 0 Å². The molecule has 0 aliphatic rings. The Morgan fingerprint density at radius 1 is 1.23 bits per heavy atom. The van der Waals surface area contributed by atoms with Crippen LogP contribution in [-0.2, 0) is 16.6 Å².